The summed E-state index contributed by atoms with van der Waals surface area (Å²) in [5.74, 6) is 1.26. The van der Waals surface area contributed by atoms with E-state index in [1.807, 2.05) is 44.6 Å². The van der Waals surface area contributed by atoms with Crippen molar-refractivity contribution in [1.82, 2.24) is 19.4 Å². The van der Waals surface area contributed by atoms with E-state index in [4.69, 9.17) is 0 Å². The molecule has 2 aromatic heterocycles. The lowest BCUT2D eigenvalue weighted by atomic mass is 10.1. The van der Waals surface area contributed by atoms with Crippen molar-refractivity contribution in [3.8, 4) is 0 Å². The number of aryl methyl sites for hydroxylation is 2. The fourth-order valence-electron chi connectivity index (χ4n) is 3.33. The van der Waals surface area contributed by atoms with Crippen molar-refractivity contribution in [2.24, 2.45) is 7.05 Å². The van der Waals surface area contributed by atoms with Gasteiger partial charge in [0, 0.05) is 37.9 Å². The monoisotopic (exact) mass is 328 g/mol. The molecule has 0 unspecified atom stereocenters. The number of nitrogens with zero attached hydrogens (tertiary/aromatic N) is 3. The Morgan fingerprint density at radius 2 is 2.12 bits per heavy atom. The molecule has 2 aromatic rings. The lowest BCUT2D eigenvalue weighted by molar-refractivity contribution is 0.0788. The second-order valence-corrected chi connectivity index (χ2v) is 6.90. The van der Waals surface area contributed by atoms with Crippen LogP contribution in [0.15, 0.2) is 23.1 Å². The van der Waals surface area contributed by atoms with Gasteiger partial charge >= 0.3 is 0 Å². The summed E-state index contributed by atoms with van der Waals surface area (Å²) in [6.45, 7) is 7.24. The van der Waals surface area contributed by atoms with Gasteiger partial charge < -0.3 is 14.5 Å². The van der Waals surface area contributed by atoms with Gasteiger partial charge in [0.2, 0.25) is 0 Å². The van der Waals surface area contributed by atoms with Crippen molar-refractivity contribution in [3.05, 3.63) is 51.5 Å². The van der Waals surface area contributed by atoms with Gasteiger partial charge in [0.05, 0.1) is 5.69 Å². The molecule has 6 heteroatoms. The molecule has 3 heterocycles. The van der Waals surface area contributed by atoms with Crippen LogP contribution in [0, 0.1) is 6.92 Å². The van der Waals surface area contributed by atoms with Gasteiger partial charge in [0.1, 0.15) is 11.4 Å². The Labute approximate surface area is 141 Å². The second-order valence-electron chi connectivity index (χ2n) is 6.90. The average Bonchev–Trinajstić information content (AvgIpc) is 3.12. The zero-order valence-corrected chi connectivity index (χ0v) is 14.7. The maximum absolute atomic E-state index is 12.7. The van der Waals surface area contributed by atoms with Crippen molar-refractivity contribution in [3.63, 3.8) is 0 Å². The molecular formula is C18H24N4O2. The molecule has 3 rings (SSSR count). The maximum Gasteiger partial charge on any atom is 0.261 e. The van der Waals surface area contributed by atoms with Crippen LogP contribution in [0.5, 0.6) is 0 Å². The smallest absolute Gasteiger partial charge is 0.261 e. The Kier molecular flexibility index (Phi) is 4.30. The summed E-state index contributed by atoms with van der Waals surface area (Å²) >= 11 is 0. The first-order chi connectivity index (χ1) is 11.4. The molecule has 1 saturated heterocycles. The van der Waals surface area contributed by atoms with Gasteiger partial charge in [-0.15, -0.1) is 0 Å². The van der Waals surface area contributed by atoms with Crippen LogP contribution < -0.4 is 5.56 Å². The van der Waals surface area contributed by atoms with Gasteiger partial charge in [-0.3, -0.25) is 9.59 Å². The zero-order valence-electron chi connectivity index (χ0n) is 14.7. The SMILES string of the molecule is Cc1cn(C)c([C@@H]2CCN(C(=O)c3ccc(C(C)C)[nH]c3=O)C2)n1. The largest absolute Gasteiger partial charge is 0.338 e. The van der Waals surface area contributed by atoms with Crippen LogP contribution in [0.25, 0.3) is 0 Å². The Morgan fingerprint density at radius 3 is 2.71 bits per heavy atom. The van der Waals surface area contributed by atoms with Crippen LogP contribution in [0.1, 0.15) is 59.7 Å². The minimum atomic E-state index is -0.303. The van der Waals surface area contributed by atoms with E-state index in [1.54, 1.807) is 11.0 Å². The van der Waals surface area contributed by atoms with Crippen LogP contribution in [0.4, 0.5) is 0 Å². The van der Waals surface area contributed by atoms with E-state index < -0.39 is 0 Å². The number of likely N-dealkylation sites (tertiary alicyclic amines) is 1. The number of aromatic nitrogens is 3. The van der Waals surface area contributed by atoms with Gasteiger partial charge in [0.15, 0.2) is 0 Å². The van der Waals surface area contributed by atoms with Gasteiger partial charge in [-0.2, -0.15) is 0 Å². The second kappa shape index (κ2) is 6.26. The fourth-order valence-corrected chi connectivity index (χ4v) is 3.33. The Bertz CT molecular complexity index is 819. The molecule has 0 aliphatic carbocycles. The number of hydrogen-bond donors (Lipinski definition) is 1. The molecule has 1 aliphatic heterocycles. The summed E-state index contributed by atoms with van der Waals surface area (Å²) in [5.41, 5.74) is 1.75. The number of rotatable bonds is 3. The van der Waals surface area contributed by atoms with Crippen molar-refractivity contribution < 1.29 is 4.79 Å². The van der Waals surface area contributed by atoms with Crippen molar-refractivity contribution in [2.45, 2.75) is 39.0 Å². The molecule has 1 aliphatic rings. The number of H-pyrrole nitrogens is 1. The number of nitrogens with one attached hydrogen (secondary N) is 1. The number of amides is 1. The Balaban J connectivity index is 1.77. The lowest BCUT2D eigenvalue weighted by Crippen LogP contribution is -2.33. The number of carbonyl (C=O) groups is 1. The number of carbonyl (C=O) groups excluding carboxylic acids is 1. The van der Waals surface area contributed by atoms with E-state index in [-0.39, 0.29) is 28.9 Å². The number of pyridine rings is 1. The average molecular weight is 328 g/mol. The number of imidazole rings is 1. The lowest BCUT2D eigenvalue weighted by Gasteiger charge is -2.16. The van der Waals surface area contributed by atoms with E-state index in [1.165, 1.54) is 0 Å². The molecular weight excluding hydrogens is 304 g/mol. The van der Waals surface area contributed by atoms with Crippen LogP contribution in [0.3, 0.4) is 0 Å². The van der Waals surface area contributed by atoms with Crippen molar-refractivity contribution >= 4 is 5.91 Å². The standard InChI is InChI=1S/C18H24N4O2/c1-11(2)15-6-5-14(17(23)20-15)18(24)22-8-7-13(10-22)16-19-12(3)9-21(16)4/h5-6,9,11,13H,7-8,10H2,1-4H3,(H,20,23)/t13-/m1/s1. The van der Waals surface area contributed by atoms with Crippen LogP contribution in [-0.2, 0) is 7.05 Å². The topological polar surface area (TPSA) is 71.0 Å². The number of hydrogen-bond acceptors (Lipinski definition) is 3. The molecule has 1 fully saturated rings. The van der Waals surface area contributed by atoms with Crippen LogP contribution in [-0.4, -0.2) is 38.4 Å². The molecule has 0 radical (unpaired) electrons. The quantitative estimate of drug-likeness (QED) is 0.938. The third-order valence-electron chi connectivity index (χ3n) is 4.66. The first-order valence-electron chi connectivity index (χ1n) is 8.39. The molecule has 128 valence electrons. The Morgan fingerprint density at radius 1 is 1.38 bits per heavy atom. The summed E-state index contributed by atoms with van der Waals surface area (Å²) in [5, 5.41) is 0. The first kappa shape index (κ1) is 16.5. The van der Waals surface area contributed by atoms with E-state index in [0.717, 1.165) is 23.6 Å². The van der Waals surface area contributed by atoms with E-state index in [9.17, 15) is 9.59 Å². The highest BCUT2D eigenvalue weighted by molar-refractivity contribution is 5.94. The fraction of sp³-hybridized carbons (Fsp3) is 0.500. The predicted octanol–water partition coefficient (Wildman–Crippen LogP) is 2.17. The minimum Gasteiger partial charge on any atom is -0.338 e. The summed E-state index contributed by atoms with van der Waals surface area (Å²) in [6, 6.07) is 3.48. The molecule has 1 atom stereocenters. The minimum absolute atomic E-state index is 0.194. The molecule has 6 nitrogen and oxygen atoms in total. The van der Waals surface area contributed by atoms with Gasteiger partial charge in [-0.05, 0) is 31.4 Å². The molecule has 0 aromatic carbocycles. The molecule has 0 bridgehead atoms. The Hall–Kier alpha value is -2.37. The highest BCUT2D eigenvalue weighted by Gasteiger charge is 2.31. The van der Waals surface area contributed by atoms with Crippen molar-refractivity contribution in [2.75, 3.05) is 13.1 Å². The zero-order chi connectivity index (χ0) is 17.4. The van der Waals surface area contributed by atoms with Crippen molar-refractivity contribution in [1.29, 1.82) is 0 Å². The molecule has 1 N–H and O–H groups in total. The van der Waals surface area contributed by atoms with E-state index in [0.29, 0.717) is 13.1 Å². The normalized spacial score (nSPS) is 17.7. The summed E-state index contributed by atoms with van der Waals surface area (Å²) in [4.78, 5) is 34.1. The summed E-state index contributed by atoms with van der Waals surface area (Å²) in [7, 11) is 1.98. The number of aromatic amines is 1. The highest BCUT2D eigenvalue weighted by Crippen LogP contribution is 2.27. The first-order valence-corrected chi connectivity index (χ1v) is 8.39. The third-order valence-corrected chi connectivity index (χ3v) is 4.66. The van der Waals surface area contributed by atoms with Gasteiger partial charge in [-0.1, -0.05) is 13.8 Å². The maximum atomic E-state index is 12.7. The molecule has 0 spiro atoms. The molecule has 24 heavy (non-hydrogen) atoms. The molecule has 0 saturated carbocycles. The predicted molar refractivity (Wildman–Crippen MR) is 92.4 cm³/mol. The molecule has 1 amide bonds. The van der Waals surface area contributed by atoms with E-state index >= 15 is 0 Å². The van der Waals surface area contributed by atoms with Gasteiger partial charge in [-0.25, -0.2) is 4.98 Å². The van der Waals surface area contributed by atoms with E-state index in [2.05, 4.69) is 9.97 Å². The van der Waals surface area contributed by atoms with Crippen LogP contribution >= 0.6 is 0 Å². The third kappa shape index (κ3) is 3.00. The summed E-state index contributed by atoms with van der Waals surface area (Å²) < 4.78 is 2.03. The summed E-state index contributed by atoms with van der Waals surface area (Å²) in [6.07, 6.45) is 2.87. The highest BCUT2D eigenvalue weighted by atomic mass is 16.2. The van der Waals surface area contributed by atoms with Crippen LogP contribution in [0.2, 0.25) is 0 Å². The van der Waals surface area contributed by atoms with Gasteiger partial charge in [0.25, 0.3) is 11.5 Å².